The highest BCUT2D eigenvalue weighted by molar-refractivity contribution is 7.09. The summed E-state index contributed by atoms with van der Waals surface area (Å²) in [6.07, 6.45) is 6.16. The Kier molecular flexibility index (Phi) is 3.33. The number of nitrogens with zero attached hydrogens (tertiary/aromatic N) is 5. The minimum Gasteiger partial charge on any atom is -0.265 e. The second-order valence-electron chi connectivity index (χ2n) is 4.05. The van der Waals surface area contributed by atoms with Crippen molar-refractivity contribution in [3.63, 3.8) is 0 Å². The Morgan fingerprint density at radius 1 is 1.21 bits per heavy atom. The molecule has 0 fully saturated rings. The van der Waals surface area contributed by atoms with E-state index in [1.165, 1.54) is 4.88 Å². The number of aromatic nitrogens is 5. The van der Waals surface area contributed by atoms with Crippen molar-refractivity contribution < 1.29 is 0 Å². The van der Waals surface area contributed by atoms with Gasteiger partial charge in [-0.2, -0.15) is 5.10 Å². The molecule has 0 aliphatic rings. The molecule has 0 saturated heterocycles. The van der Waals surface area contributed by atoms with Gasteiger partial charge in [0, 0.05) is 42.0 Å². The Bertz CT molecular complexity index is 645. The zero-order valence-corrected chi connectivity index (χ0v) is 11.3. The van der Waals surface area contributed by atoms with Gasteiger partial charge in [-0.15, -0.1) is 11.3 Å². The highest BCUT2D eigenvalue weighted by atomic mass is 32.1. The number of hydrogen-bond acceptors (Lipinski definition) is 5. The summed E-state index contributed by atoms with van der Waals surface area (Å²) >= 11 is 1.64. The van der Waals surface area contributed by atoms with Crippen molar-refractivity contribution in [3.8, 4) is 11.4 Å². The van der Waals surface area contributed by atoms with E-state index in [1.807, 2.05) is 28.5 Å². The SMILES string of the molecule is CCn1nc(-c2ccncc2)nc1Cc1cncs1. The monoisotopic (exact) mass is 271 g/mol. The van der Waals surface area contributed by atoms with Crippen LogP contribution in [0.1, 0.15) is 17.6 Å². The minimum absolute atomic E-state index is 0.753. The first kappa shape index (κ1) is 12.0. The van der Waals surface area contributed by atoms with Gasteiger partial charge in [0.1, 0.15) is 5.82 Å². The summed E-state index contributed by atoms with van der Waals surface area (Å²) in [6.45, 7) is 2.88. The third kappa shape index (κ3) is 2.53. The molecule has 0 aliphatic carbocycles. The predicted molar refractivity (Wildman–Crippen MR) is 73.8 cm³/mol. The molecule has 6 heteroatoms. The molecule has 0 N–H and O–H groups in total. The van der Waals surface area contributed by atoms with Crippen LogP contribution in [0.15, 0.2) is 36.2 Å². The van der Waals surface area contributed by atoms with Gasteiger partial charge in [0.25, 0.3) is 0 Å². The van der Waals surface area contributed by atoms with Crippen LogP contribution in [-0.2, 0) is 13.0 Å². The van der Waals surface area contributed by atoms with Crippen LogP contribution in [0.25, 0.3) is 11.4 Å². The Hall–Kier alpha value is -2.08. The van der Waals surface area contributed by atoms with E-state index < -0.39 is 0 Å². The lowest BCUT2D eigenvalue weighted by atomic mass is 10.2. The van der Waals surface area contributed by atoms with E-state index in [1.54, 1.807) is 23.7 Å². The molecule has 3 heterocycles. The van der Waals surface area contributed by atoms with E-state index in [4.69, 9.17) is 0 Å². The van der Waals surface area contributed by atoms with Gasteiger partial charge >= 0.3 is 0 Å². The number of pyridine rings is 1. The molecule has 3 aromatic rings. The summed E-state index contributed by atoms with van der Waals surface area (Å²) in [5.41, 5.74) is 2.83. The van der Waals surface area contributed by atoms with E-state index in [2.05, 4.69) is 27.0 Å². The van der Waals surface area contributed by atoms with E-state index in [9.17, 15) is 0 Å². The summed E-state index contributed by atoms with van der Waals surface area (Å²) in [7, 11) is 0. The largest absolute Gasteiger partial charge is 0.265 e. The number of hydrogen-bond donors (Lipinski definition) is 0. The Morgan fingerprint density at radius 2 is 2.05 bits per heavy atom. The topological polar surface area (TPSA) is 56.5 Å². The maximum absolute atomic E-state index is 4.63. The standard InChI is InChI=1S/C13H13N5S/c1-2-18-12(7-11-8-15-9-19-11)16-13(17-18)10-3-5-14-6-4-10/h3-6,8-9H,2,7H2,1H3. The van der Waals surface area contributed by atoms with Crippen LogP contribution in [0.5, 0.6) is 0 Å². The van der Waals surface area contributed by atoms with Crippen LogP contribution in [0.4, 0.5) is 0 Å². The summed E-state index contributed by atoms with van der Waals surface area (Å²) in [5.74, 6) is 1.72. The molecule has 19 heavy (non-hydrogen) atoms. The molecule has 0 spiro atoms. The molecule has 3 aromatic heterocycles. The maximum atomic E-state index is 4.63. The molecule has 0 aliphatic heterocycles. The Morgan fingerprint density at radius 3 is 2.74 bits per heavy atom. The normalized spacial score (nSPS) is 10.8. The lowest BCUT2D eigenvalue weighted by molar-refractivity contribution is 0.626. The molecule has 5 nitrogen and oxygen atoms in total. The van der Waals surface area contributed by atoms with Crippen LogP contribution in [0, 0.1) is 0 Å². The van der Waals surface area contributed by atoms with Crippen LogP contribution >= 0.6 is 11.3 Å². The summed E-state index contributed by atoms with van der Waals surface area (Å²) < 4.78 is 1.94. The number of rotatable bonds is 4. The predicted octanol–water partition coefficient (Wildman–Crippen LogP) is 2.41. The average Bonchev–Trinajstić information content (AvgIpc) is 3.10. The molecule has 0 bridgehead atoms. The van der Waals surface area contributed by atoms with Crippen molar-refractivity contribution in [2.24, 2.45) is 0 Å². The van der Waals surface area contributed by atoms with Crippen LogP contribution in [0.3, 0.4) is 0 Å². The van der Waals surface area contributed by atoms with Gasteiger partial charge in [0.15, 0.2) is 5.82 Å². The average molecular weight is 271 g/mol. The Labute approximate surface area is 115 Å². The lowest BCUT2D eigenvalue weighted by Gasteiger charge is -1.99. The molecule has 0 unspecified atom stereocenters. The van der Waals surface area contributed by atoms with Gasteiger partial charge < -0.3 is 0 Å². The van der Waals surface area contributed by atoms with Crippen molar-refractivity contribution in [2.45, 2.75) is 19.9 Å². The minimum atomic E-state index is 0.753. The molecule has 0 aromatic carbocycles. The molecule has 0 amide bonds. The van der Waals surface area contributed by atoms with Crippen molar-refractivity contribution in [3.05, 3.63) is 46.9 Å². The number of thiazole rings is 1. The summed E-state index contributed by atoms with van der Waals surface area (Å²) in [5, 5.41) is 4.54. The fourth-order valence-electron chi connectivity index (χ4n) is 1.87. The molecule has 0 atom stereocenters. The molecular weight excluding hydrogens is 258 g/mol. The fraction of sp³-hybridized carbons (Fsp3) is 0.231. The smallest absolute Gasteiger partial charge is 0.181 e. The lowest BCUT2D eigenvalue weighted by Crippen LogP contribution is -2.03. The van der Waals surface area contributed by atoms with E-state index in [-0.39, 0.29) is 0 Å². The van der Waals surface area contributed by atoms with Crippen LogP contribution in [0.2, 0.25) is 0 Å². The highest BCUT2D eigenvalue weighted by Crippen LogP contribution is 2.17. The van der Waals surface area contributed by atoms with Crippen molar-refractivity contribution in [2.75, 3.05) is 0 Å². The van der Waals surface area contributed by atoms with Crippen molar-refractivity contribution >= 4 is 11.3 Å². The highest BCUT2D eigenvalue weighted by Gasteiger charge is 2.11. The van der Waals surface area contributed by atoms with Gasteiger partial charge in [-0.25, -0.2) is 9.67 Å². The zero-order chi connectivity index (χ0) is 13.1. The Balaban J connectivity index is 1.94. The maximum Gasteiger partial charge on any atom is 0.181 e. The third-order valence-electron chi connectivity index (χ3n) is 2.80. The second kappa shape index (κ2) is 5.27. The summed E-state index contributed by atoms with van der Waals surface area (Å²) in [6, 6.07) is 3.84. The van der Waals surface area contributed by atoms with Gasteiger partial charge in [-0.3, -0.25) is 9.97 Å². The van der Waals surface area contributed by atoms with Crippen LogP contribution in [-0.4, -0.2) is 24.7 Å². The quantitative estimate of drug-likeness (QED) is 0.731. The van der Waals surface area contributed by atoms with E-state index in [0.29, 0.717) is 0 Å². The van der Waals surface area contributed by atoms with Crippen molar-refractivity contribution in [1.29, 1.82) is 0 Å². The first-order chi connectivity index (χ1) is 9.36. The second-order valence-corrected chi connectivity index (χ2v) is 5.02. The number of aryl methyl sites for hydroxylation is 1. The van der Waals surface area contributed by atoms with Crippen LogP contribution < -0.4 is 0 Å². The van der Waals surface area contributed by atoms with Gasteiger partial charge in [-0.05, 0) is 19.1 Å². The molecular formula is C13H13N5S. The van der Waals surface area contributed by atoms with E-state index >= 15 is 0 Å². The van der Waals surface area contributed by atoms with Gasteiger partial charge in [-0.1, -0.05) is 0 Å². The molecule has 0 saturated carbocycles. The fourth-order valence-corrected chi connectivity index (χ4v) is 2.46. The van der Waals surface area contributed by atoms with Crippen molar-refractivity contribution in [1.82, 2.24) is 24.7 Å². The summed E-state index contributed by atoms with van der Waals surface area (Å²) in [4.78, 5) is 13.9. The molecule has 0 radical (unpaired) electrons. The van der Waals surface area contributed by atoms with Gasteiger partial charge in [0.05, 0.1) is 5.51 Å². The molecule has 96 valence electrons. The molecule has 3 rings (SSSR count). The first-order valence-electron chi connectivity index (χ1n) is 6.08. The first-order valence-corrected chi connectivity index (χ1v) is 6.96. The zero-order valence-electron chi connectivity index (χ0n) is 10.5. The third-order valence-corrected chi connectivity index (χ3v) is 3.58. The van der Waals surface area contributed by atoms with E-state index in [0.717, 1.165) is 30.2 Å². The van der Waals surface area contributed by atoms with Gasteiger partial charge in [0.2, 0.25) is 0 Å².